The lowest BCUT2D eigenvalue weighted by Gasteiger charge is -2.21. The lowest BCUT2D eigenvalue weighted by atomic mass is 10.1. The number of carbonyl (C=O) groups is 3. The summed E-state index contributed by atoms with van der Waals surface area (Å²) in [5.74, 6) is -0.828. The molecule has 2 rings (SSSR count). The summed E-state index contributed by atoms with van der Waals surface area (Å²) in [6.45, 7) is 5.40. The number of hydrogen-bond donors (Lipinski definition) is 2. The number of hydrazine groups is 1. The van der Waals surface area contributed by atoms with E-state index in [1.165, 1.54) is 0 Å². The summed E-state index contributed by atoms with van der Waals surface area (Å²) in [5.41, 5.74) is 6.95. The van der Waals surface area contributed by atoms with Gasteiger partial charge in [-0.05, 0) is 62.2 Å². The Hall–Kier alpha value is -3.55. The molecule has 2 N–H and O–H groups in total. The first-order chi connectivity index (χ1) is 15.0. The summed E-state index contributed by atoms with van der Waals surface area (Å²) in [4.78, 5) is 38.0. The van der Waals surface area contributed by atoms with Crippen molar-refractivity contribution in [3.63, 3.8) is 0 Å². The molecular weight excluding hydrogens is 398 g/mol. The summed E-state index contributed by atoms with van der Waals surface area (Å²) in [5, 5.41) is 0. The Labute approximate surface area is 182 Å². The highest BCUT2D eigenvalue weighted by molar-refractivity contribution is 5.95. The minimum atomic E-state index is -0.620. The Morgan fingerprint density at radius 1 is 0.903 bits per heavy atom. The monoisotopic (exact) mass is 427 g/mol. The molecule has 2 aromatic carbocycles. The van der Waals surface area contributed by atoms with Gasteiger partial charge in [0, 0.05) is 30.8 Å². The molecule has 0 unspecified atom stereocenters. The van der Waals surface area contributed by atoms with Gasteiger partial charge in [0.05, 0.1) is 7.11 Å². The number of benzene rings is 2. The number of rotatable bonds is 10. The van der Waals surface area contributed by atoms with E-state index in [1.54, 1.807) is 19.2 Å². The quantitative estimate of drug-likeness (QED) is 0.447. The molecule has 0 bridgehead atoms. The van der Waals surface area contributed by atoms with E-state index in [9.17, 15) is 14.4 Å². The van der Waals surface area contributed by atoms with Crippen molar-refractivity contribution in [3.8, 4) is 5.75 Å². The summed E-state index contributed by atoms with van der Waals surface area (Å²) < 4.78 is 10.0. The van der Waals surface area contributed by atoms with Crippen molar-refractivity contribution in [1.82, 2.24) is 10.9 Å². The van der Waals surface area contributed by atoms with Crippen molar-refractivity contribution in [3.05, 3.63) is 59.7 Å². The number of amides is 2. The lowest BCUT2D eigenvalue weighted by Crippen LogP contribution is -2.43. The van der Waals surface area contributed by atoms with Crippen LogP contribution < -0.4 is 20.5 Å². The zero-order valence-corrected chi connectivity index (χ0v) is 18.1. The van der Waals surface area contributed by atoms with Crippen molar-refractivity contribution in [2.45, 2.75) is 26.7 Å². The molecule has 31 heavy (non-hydrogen) atoms. The van der Waals surface area contributed by atoms with E-state index < -0.39 is 24.4 Å². The first kappa shape index (κ1) is 23.7. The molecule has 8 nitrogen and oxygen atoms in total. The van der Waals surface area contributed by atoms with Gasteiger partial charge in [0.2, 0.25) is 0 Å². The first-order valence-electron chi connectivity index (χ1n) is 10.2. The fraction of sp³-hybridized carbons (Fsp3) is 0.348. The second-order valence-corrected chi connectivity index (χ2v) is 6.73. The summed E-state index contributed by atoms with van der Waals surface area (Å²) in [6.07, 6.45) is 0.634. The maximum atomic E-state index is 12.2. The molecule has 2 aromatic rings. The lowest BCUT2D eigenvalue weighted by molar-refractivity contribution is -0.148. The van der Waals surface area contributed by atoms with Crippen LogP contribution in [0.25, 0.3) is 0 Å². The second kappa shape index (κ2) is 12.2. The molecule has 8 heteroatoms. The normalized spacial score (nSPS) is 10.2. The second-order valence-electron chi connectivity index (χ2n) is 6.73. The van der Waals surface area contributed by atoms with Gasteiger partial charge in [0.25, 0.3) is 11.8 Å². The van der Waals surface area contributed by atoms with Crippen LogP contribution in [0.5, 0.6) is 5.75 Å². The van der Waals surface area contributed by atoms with E-state index in [2.05, 4.69) is 29.6 Å². The van der Waals surface area contributed by atoms with Crippen molar-refractivity contribution in [2.75, 3.05) is 31.7 Å². The average molecular weight is 428 g/mol. The summed E-state index contributed by atoms with van der Waals surface area (Å²) in [7, 11) is 1.59. The van der Waals surface area contributed by atoms with Crippen LogP contribution in [0.4, 0.5) is 5.69 Å². The largest absolute Gasteiger partial charge is 0.497 e. The van der Waals surface area contributed by atoms with Gasteiger partial charge in [-0.3, -0.25) is 25.2 Å². The van der Waals surface area contributed by atoms with Gasteiger partial charge in [-0.15, -0.1) is 0 Å². The Kier molecular flexibility index (Phi) is 9.35. The number of nitrogens with zero attached hydrogens (tertiary/aromatic N) is 1. The molecule has 0 aliphatic heterocycles. The minimum Gasteiger partial charge on any atom is -0.497 e. The molecule has 0 aromatic heterocycles. The molecule has 0 aliphatic rings. The van der Waals surface area contributed by atoms with Crippen molar-refractivity contribution < 1.29 is 23.9 Å². The standard InChI is InChI=1S/C23H29N3O5/c1-4-26(5-2)19-11-9-18(10-12-19)23(29)25-24-21(27)16-31-22(28)15-8-17-6-13-20(30-3)14-7-17/h6-7,9-14H,4-5,8,15-16H2,1-3H3,(H,24,27)(H,25,29). The molecule has 0 heterocycles. The van der Waals surface area contributed by atoms with Gasteiger partial charge in [-0.25, -0.2) is 0 Å². The third kappa shape index (κ3) is 7.65. The molecular formula is C23H29N3O5. The van der Waals surface area contributed by atoms with E-state index >= 15 is 0 Å². The van der Waals surface area contributed by atoms with E-state index in [0.717, 1.165) is 30.1 Å². The number of methoxy groups -OCH3 is 1. The van der Waals surface area contributed by atoms with Crippen molar-refractivity contribution in [2.24, 2.45) is 0 Å². The Morgan fingerprint density at radius 2 is 1.55 bits per heavy atom. The molecule has 166 valence electrons. The smallest absolute Gasteiger partial charge is 0.306 e. The van der Waals surface area contributed by atoms with Crippen LogP contribution >= 0.6 is 0 Å². The van der Waals surface area contributed by atoms with Crippen LogP contribution in [-0.2, 0) is 20.7 Å². The number of esters is 1. The van der Waals surface area contributed by atoms with Crippen LogP contribution in [0, 0.1) is 0 Å². The highest BCUT2D eigenvalue weighted by Gasteiger charge is 2.11. The van der Waals surface area contributed by atoms with Gasteiger partial charge in [0.1, 0.15) is 5.75 Å². The SMILES string of the molecule is CCN(CC)c1ccc(C(=O)NNC(=O)COC(=O)CCc2ccc(OC)cc2)cc1. The van der Waals surface area contributed by atoms with Crippen LogP contribution in [0.1, 0.15) is 36.2 Å². The van der Waals surface area contributed by atoms with Gasteiger partial charge in [-0.1, -0.05) is 12.1 Å². The number of hydrogen-bond acceptors (Lipinski definition) is 6. The molecule has 0 saturated carbocycles. The molecule has 0 saturated heterocycles. The fourth-order valence-corrected chi connectivity index (χ4v) is 2.90. The Bertz CT molecular complexity index is 862. The van der Waals surface area contributed by atoms with Gasteiger partial charge in [-0.2, -0.15) is 0 Å². The van der Waals surface area contributed by atoms with Crippen LogP contribution in [0.15, 0.2) is 48.5 Å². The maximum absolute atomic E-state index is 12.2. The molecule has 0 spiro atoms. The van der Waals surface area contributed by atoms with Crippen molar-refractivity contribution >= 4 is 23.5 Å². The van der Waals surface area contributed by atoms with E-state index in [0.29, 0.717) is 12.0 Å². The zero-order valence-electron chi connectivity index (χ0n) is 18.1. The fourth-order valence-electron chi connectivity index (χ4n) is 2.90. The topological polar surface area (TPSA) is 97.0 Å². The maximum Gasteiger partial charge on any atom is 0.306 e. The van der Waals surface area contributed by atoms with Gasteiger partial charge < -0.3 is 14.4 Å². The molecule has 0 aliphatic carbocycles. The predicted molar refractivity (Wildman–Crippen MR) is 118 cm³/mol. The van der Waals surface area contributed by atoms with Crippen LogP contribution in [0.2, 0.25) is 0 Å². The number of aryl methyl sites for hydroxylation is 1. The number of nitrogens with one attached hydrogen (secondary N) is 2. The Balaban J connectivity index is 1.69. The predicted octanol–water partition coefficient (Wildman–Crippen LogP) is 2.48. The van der Waals surface area contributed by atoms with Crippen LogP contribution in [-0.4, -0.2) is 44.6 Å². The highest BCUT2D eigenvalue weighted by atomic mass is 16.5. The molecule has 0 radical (unpaired) electrons. The third-order valence-electron chi connectivity index (χ3n) is 4.71. The van der Waals surface area contributed by atoms with Crippen LogP contribution in [0.3, 0.4) is 0 Å². The highest BCUT2D eigenvalue weighted by Crippen LogP contribution is 2.15. The number of carbonyl (C=O) groups excluding carboxylic acids is 3. The number of anilines is 1. The van der Waals surface area contributed by atoms with E-state index in [-0.39, 0.29) is 6.42 Å². The molecule has 0 fully saturated rings. The summed E-state index contributed by atoms with van der Waals surface area (Å²) in [6, 6.07) is 14.4. The zero-order chi connectivity index (χ0) is 22.6. The minimum absolute atomic E-state index is 0.144. The third-order valence-corrected chi connectivity index (χ3v) is 4.71. The number of ether oxygens (including phenoxy) is 2. The first-order valence-corrected chi connectivity index (χ1v) is 10.2. The molecule has 2 amide bonds. The van der Waals surface area contributed by atoms with Crippen molar-refractivity contribution in [1.29, 1.82) is 0 Å². The van der Waals surface area contributed by atoms with E-state index in [4.69, 9.17) is 9.47 Å². The van der Waals surface area contributed by atoms with Gasteiger partial charge >= 0.3 is 5.97 Å². The Morgan fingerprint density at radius 3 is 2.13 bits per heavy atom. The van der Waals surface area contributed by atoms with Gasteiger partial charge in [0.15, 0.2) is 6.61 Å². The average Bonchev–Trinajstić information content (AvgIpc) is 2.81. The summed E-state index contributed by atoms with van der Waals surface area (Å²) >= 11 is 0. The van der Waals surface area contributed by atoms with E-state index in [1.807, 2.05) is 36.4 Å². The molecule has 0 atom stereocenters.